The van der Waals surface area contributed by atoms with Gasteiger partial charge < -0.3 is 20.3 Å². The molecule has 0 radical (unpaired) electrons. The molecule has 0 saturated heterocycles. The third kappa shape index (κ3) is 3.74. The lowest BCUT2D eigenvalue weighted by molar-refractivity contribution is 0.310. The molecule has 0 bridgehead atoms. The molecular formula is C23H24N6O3S. The first-order chi connectivity index (χ1) is 15.9. The molecule has 1 aromatic carbocycles. The van der Waals surface area contributed by atoms with E-state index < -0.39 is 9.84 Å². The molecule has 0 spiro atoms. The van der Waals surface area contributed by atoms with Gasteiger partial charge in [-0.15, -0.1) is 0 Å². The van der Waals surface area contributed by atoms with Crippen molar-refractivity contribution in [3.63, 3.8) is 0 Å². The number of nitrogens with one attached hydrogen (secondary N) is 2. The van der Waals surface area contributed by atoms with Crippen LogP contribution < -0.4 is 20.3 Å². The maximum absolute atomic E-state index is 11.9. The van der Waals surface area contributed by atoms with Gasteiger partial charge in [0.2, 0.25) is 11.8 Å². The van der Waals surface area contributed by atoms with E-state index in [1.165, 1.54) is 0 Å². The lowest BCUT2D eigenvalue weighted by atomic mass is 10.0. The Labute approximate surface area is 192 Å². The average Bonchev–Trinajstić information content (AvgIpc) is 3.12. The minimum absolute atomic E-state index is 0.0892. The largest absolute Gasteiger partial charge is 0.474 e. The molecule has 0 unspecified atom stereocenters. The van der Waals surface area contributed by atoms with Gasteiger partial charge >= 0.3 is 0 Å². The number of pyridine rings is 1. The topological polar surface area (TPSA) is 109 Å². The number of hydrogen-bond acceptors (Lipinski definition) is 9. The first kappa shape index (κ1) is 20.2. The number of rotatable bonds is 3. The molecule has 3 aliphatic heterocycles. The molecule has 2 aromatic heterocycles. The Morgan fingerprint density at radius 2 is 2.00 bits per heavy atom. The van der Waals surface area contributed by atoms with Gasteiger partial charge in [0.1, 0.15) is 12.3 Å². The highest BCUT2D eigenvalue weighted by molar-refractivity contribution is 7.90. The van der Waals surface area contributed by atoms with E-state index in [0.717, 1.165) is 64.5 Å². The number of anilines is 4. The van der Waals surface area contributed by atoms with Crippen LogP contribution in [0.25, 0.3) is 0 Å². The zero-order valence-corrected chi connectivity index (χ0v) is 19.1. The van der Waals surface area contributed by atoms with E-state index in [2.05, 4.69) is 32.4 Å². The molecule has 10 heteroatoms. The number of fused-ring (bicyclic) bond motifs is 3. The molecule has 3 aliphatic rings. The van der Waals surface area contributed by atoms with Crippen LogP contribution in [0.15, 0.2) is 30.6 Å². The van der Waals surface area contributed by atoms with Crippen LogP contribution in [0.1, 0.15) is 27.9 Å². The van der Waals surface area contributed by atoms with Gasteiger partial charge in [0.15, 0.2) is 9.84 Å². The Hall–Kier alpha value is -3.40. The Morgan fingerprint density at radius 1 is 1.12 bits per heavy atom. The van der Waals surface area contributed by atoms with E-state index in [1.54, 1.807) is 0 Å². The van der Waals surface area contributed by atoms with E-state index >= 15 is 0 Å². The summed E-state index contributed by atoms with van der Waals surface area (Å²) in [6, 6.07) is 5.63. The molecule has 2 N–H and O–H groups in total. The molecule has 6 rings (SSSR count). The highest BCUT2D eigenvalue weighted by Crippen LogP contribution is 2.36. The van der Waals surface area contributed by atoms with Gasteiger partial charge in [0, 0.05) is 30.5 Å². The number of hydrogen-bond donors (Lipinski definition) is 2. The highest BCUT2D eigenvalue weighted by Gasteiger charge is 2.26. The van der Waals surface area contributed by atoms with Crippen molar-refractivity contribution in [1.82, 2.24) is 15.0 Å². The van der Waals surface area contributed by atoms with Crippen molar-refractivity contribution < 1.29 is 13.2 Å². The van der Waals surface area contributed by atoms with Crippen LogP contribution in [0.3, 0.4) is 0 Å². The fraction of sp³-hybridized carbons (Fsp3) is 0.348. The van der Waals surface area contributed by atoms with Crippen molar-refractivity contribution in [2.24, 2.45) is 0 Å². The monoisotopic (exact) mass is 464 g/mol. The molecule has 5 heterocycles. The predicted octanol–water partition coefficient (Wildman–Crippen LogP) is 2.72. The Balaban J connectivity index is 1.24. The normalized spacial score (nSPS) is 17.9. The van der Waals surface area contributed by atoms with E-state index in [0.29, 0.717) is 25.0 Å². The minimum Gasteiger partial charge on any atom is -0.474 e. The van der Waals surface area contributed by atoms with Crippen LogP contribution in [0.2, 0.25) is 0 Å². The van der Waals surface area contributed by atoms with Crippen LogP contribution in [-0.2, 0) is 34.3 Å². The van der Waals surface area contributed by atoms with Crippen LogP contribution in [0, 0.1) is 6.92 Å². The van der Waals surface area contributed by atoms with Crippen molar-refractivity contribution in [3.05, 3.63) is 58.5 Å². The molecule has 0 atom stereocenters. The van der Waals surface area contributed by atoms with Gasteiger partial charge in [-0.25, -0.2) is 23.4 Å². The lowest BCUT2D eigenvalue weighted by Crippen LogP contribution is -2.32. The lowest BCUT2D eigenvalue weighted by Gasteiger charge is -2.32. The predicted molar refractivity (Wildman–Crippen MR) is 126 cm³/mol. The molecule has 0 aliphatic carbocycles. The quantitative estimate of drug-likeness (QED) is 0.605. The van der Waals surface area contributed by atoms with Crippen molar-refractivity contribution in [3.8, 4) is 5.88 Å². The summed E-state index contributed by atoms with van der Waals surface area (Å²) in [6.45, 7) is 5.02. The minimum atomic E-state index is -3.03. The summed E-state index contributed by atoms with van der Waals surface area (Å²) in [6.07, 6.45) is 4.62. The summed E-state index contributed by atoms with van der Waals surface area (Å²) >= 11 is 0. The Morgan fingerprint density at radius 3 is 2.91 bits per heavy atom. The molecule has 0 fully saturated rings. The molecular weight excluding hydrogens is 440 g/mol. The first-order valence-electron chi connectivity index (χ1n) is 11.0. The van der Waals surface area contributed by atoms with Crippen molar-refractivity contribution in [2.75, 3.05) is 35.2 Å². The summed E-state index contributed by atoms with van der Waals surface area (Å²) in [5.74, 6) is 1.38. The Kier molecular flexibility index (Phi) is 4.65. The molecule has 0 saturated carbocycles. The van der Waals surface area contributed by atoms with Gasteiger partial charge in [-0.1, -0.05) is 6.07 Å². The molecule has 3 aromatic rings. The number of benzene rings is 1. The highest BCUT2D eigenvalue weighted by atomic mass is 32.2. The van der Waals surface area contributed by atoms with Crippen LogP contribution in [0.5, 0.6) is 5.88 Å². The third-order valence-corrected chi connectivity index (χ3v) is 7.92. The van der Waals surface area contributed by atoms with Crippen LogP contribution >= 0.6 is 0 Å². The van der Waals surface area contributed by atoms with Gasteiger partial charge in [-0.3, -0.25) is 0 Å². The average molecular weight is 465 g/mol. The summed E-state index contributed by atoms with van der Waals surface area (Å²) < 4.78 is 29.5. The first-order valence-corrected chi connectivity index (χ1v) is 12.8. The van der Waals surface area contributed by atoms with Crippen LogP contribution in [0.4, 0.5) is 23.0 Å². The zero-order chi connectivity index (χ0) is 22.6. The zero-order valence-electron chi connectivity index (χ0n) is 18.3. The smallest absolute Gasteiger partial charge is 0.237 e. The number of ether oxygens (including phenoxy) is 1. The Bertz CT molecular complexity index is 1370. The second kappa shape index (κ2) is 7.58. The molecule has 0 amide bonds. The molecule has 33 heavy (non-hydrogen) atoms. The van der Waals surface area contributed by atoms with Crippen molar-refractivity contribution in [1.29, 1.82) is 0 Å². The van der Waals surface area contributed by atoms with Gasteiger partial charge in [0.25, 0.3) is 0 Å². The maximum atomic E-state index is 11.9. The van der Waals surface area contributed by atoms with E-state index in [1.807, 2.05) is 30.6 Å². The summed E-state index contributed by atoms with van der Waals surface area (Å²) in [7, 11) is -3.03. The van der Waals surface area contributed by atoms with Crippen molar-refractivity contribution >= 4 is 32.8 Å². The van der Waals surface area contributed by atoms with Crippen molar-refractivity contribution in [2.45, 2.75) is 31.4 Å². The second-order valence-electron chi connectivity index (χ2n) is 8.70. The van der Waals surface area contributed by atoms with Gasteiger partial charge in [-0.2, -0.15) is 0 Å². The third-order valence-electron chi connectivity index (χ3n) is 6.42. The van der Waals surface area contributed by atoms with Crippen LogP contribution in [-0.4, -0.2) is 43.1 Å². The standard InChI is InChI=1S/C23H24N6O3S/c1-14-20(10-25-22-21(14)24-5-7-32-22)29-6-4-15-9-26-23(28-19(15)11-29)27-18-3-2-16-12-33(30,31)13-17(16)8-18/h2-3,8-10,24H,4-7,11-13H2,1H3,(H,26,27,28). The van der Waals surface area contributed by atoms with Gasteiger partial charge in [0.05, 0.1) is 35.6 Å². The van der Waals surface area contributed by atoms with E-state index in [4.69, 9.17) is 9.72 Å². The number of sulfone groups is 1. The SMILES string of the molecule is Cc1c(N2CCc3cnc(Nc4ccc5c(c4)CS(=O)(=O)C5)nc3C2)cnc2c1NCCO2. The fourth-order valence-corrected chi connectivity index (χ4v) is 6.33. The second-order valence-corrected chi connectivity index (χ2v) is 10.8. The number of nitrogens with zero attached hydrogens (tertiary/aromatic N) is 4. The van der Waals surface area contributed by atoms with E-state index in [9.17, 15) is 8.42 Å². The summed E-state index contributed by atoms with van der Waals surface area (Å²) in [5.41, 5.74) is 7.79. The summed E-state index contributed by atoms with van der Waals surface area (Å²) in [5, 5.41) is 6.64. The molecule has 170 valence electrons. The molecule has 9 nitrogen and oxygen atoms in total. The fourth-order valence-electron chi connectivity index (χ4n) is 4.73. The number of aromatic nitrogens is 3. The maximum Gasteiger partial charge on any atom is 0.237 e. The summed E-state index contributed by atoms with van der Waals surface area (Å²) in [4.78, 5) is 16.1. The van der Waals surface area contributed by atoms with Gasteiger partial charge in [-0.05, 0) is 42.2 Å². The van der Waals surface area contributed by atoms with E-state index in [-0.39, 0.29) is 11.5 Å².